The summed E-state index contributed by atoms with van der Waals surface area (Å²) in [4.78, 5) is 0. The third kappa shape index (κ3) is 6.18. The van der Waals surface area contributed by atoms with Gasteiger partial charge in [0.05, 0.1) is 18.1 Å². The molecule has 0 fully saturated rings. The summed E-state index contributed by atoms with van der Waals surface area (Å²) in [6.07, 6.45) is 0.974. The fourth-order valence-corrected chi connectivity index (χ4v) is 3.23. The normalized spacial score (nSPS) is 13.4. The second-order valence-electron chi connectivity index (χ2n) is 4.52. The van der Waals surface area contributed by atoms with Crippen LogP contribution >= 0.6 is 0 Å². The second-order valence-corrected chi connectivity index (χ2v) is 6.75. The average Bonchev–Trinajstić information content (AvgIpc) is 2.42. The van der Waals surface area contributed by atoms with Crippen molar-refractivity contribution in [3.63, 3.8) is 0 Å². The molecule has 0 saturated carbocycles. The van der Waals surface area contributed by atoms with Gasteiger partial charge in [0.2, 0.25) is 0 Å². The van der Waals surface area contributed by atoms with Gasteiger partial charge in [-0.25, -0.2) is 8.42 Å². The highest BCUT2D eigenvalue weighted by atomic mass is 32.2. The van der Waals surface area contributed by atoms with Crippen molar-refractivity contribution in [2.75, 3.05) is 31.8 Å². The molecule has 0 saturated heterocycles. The Morgan fingerprint density at radius 1 is 1.26 bits per heavy atom. The Hall–Kier alpha value is -0.910. The van der Waals surface area contributed by atoms with Crippen molar-refractivity contribution in [1.29, 1.82) is 0 Å². The molecule has 1 rings (SSSR count). The first kappa shape index (κ1) is 16.1. The molecule has 1 aromatic rings. The minimum absolute atomic E-state index is 0.0701. The molecule has 0 radical (unpaired) electrons. The van der Waals surface area contributed by atoms with Gasteiger partial charge in [0.1, 0.15) is 0 Å². The highest BCUT2D eigenvalue weighted by Gasteiger charge is 2.19. The first-order valence-electron chi connectivity index (χ1n) is 6.56. The summed E-state index contributed by atoms with van der Waals surface area (Å²) in [7, 11) is -1.60. The molecule has 1 unspecified atom stereocenters. The molecule has 5 heteroatoms. The molecule has 0 spiro atoms. The van der Waals surface area contributed by atoms with Crippen LogP contribution in [0.1, 0.15) is 24.9 Å². The Morgan fingerprint density at radius 2 is 1.95 bits per heavy atom. The molecular weight excluding hydrogens is 262 g/mol. The molecule has 0 bridgehead atoms. The Balaban J connectivity index is 2.75. The van der Waals surface area contributed by atoms with Gasteiger partial charge in [-0.15, -0.1) is 0 Å². The number of hydrogen-bond donors (Lipinski definition) is 1. The molecule has 1 N–H and O–H groups in total. The van der Waals surface area contributed by atoms with E-state index in [1.165, 1.54) is 7.11 Å². The number of ether oxygens (including phenoxy) is 1. The molecule has 0 aliphatic heterocycles. The Morgan fingerprint density at radius 3 is 2.53 bits per heavy atom. The zero-order valence-corrected chi connectivity index (χ0v) is 12.4. The summed E-state index contributed by atoms with van der Waals surface area (Å²) in [6.45, 7) is 3.12. The summed E-state index contributed by atoms with van der Waals surface area (Å²) >= 11 is 0. The molecule has 0 aliphatic rings. The van der Waals surface area contributed by atoms with Crippen molar-refractivity contribution >= 4 is 9.84 Å². The van der Waals surface area contributed by atoms with E-state index in [9.17, 15) is 8.42 Å². The van der Waals surface area contributed by atoms with Gasteiger partial charge in [0.25, 0.3) is 0 Å². The Labute approximate surface area is 116 Å². The first-order valence-corrected chi connectivity index (χ1v) is 8.39. The van der Waals surface area contributed by atoms with E-state index in [2.05, 4.69) is 12.2 Å². The highest BCUT2D eigenvalue weighted by molar-refractivity contribution is 7.91. The molecule has 1 aromatic carbocycles. The van der Waals surface area contributed by atoms with E-state index in [1.54, 1.807) is 0 Å². The number of methoxy groups -OCH3 is 1. The van der Waals surface area contributed by atoms with Crippen LogP contribution in [-0.2, 0) is 14.6 Å². The predicted octanol–water partition coefficient (Wildman–Crippen LogP) is 1.79. The monoisotopic (exact) mass is 285 g/mol. The minimum atomic E-state index is -3.11. The van der Waals surface area contributed by atoms with Crippen LogP contribution in [0.3, 0.4) is 0 Å². The van der Waals surface area contributed by atoms with E-state index in [4.69, 9.17) is 4.74 Å². The second kappa shape index (κ2) is 8.30. The quantitative estimate of drug-likeness (QED) is 0.751. The largest absolute Gasteiger partial charge is 0.384 e. The van der Waals surface area contributed by atoms with E-state index >= 15 is 0 Å². The SMILES string of the molecule is CCCNC(CS(=O)(=O)CCOC)c1ccccc1. The number of hydrogen-bond acceptors (Lipinski definition) is 4. The maximum atomic E-state index is 12.0. The third-order valence-electron chi connectivity index (χ3n) is 2.86. The Bertz CT molecular complexity index is 445. The fraction of sp³-hybridized carbons (Fsp3) is 0.571. The zero-order chi connectivity index (χ0) is 14.1. The molecule has 0 aromatic heterocycles. The molecular formula is C14H23NO3S. The van der Waals surface area contributed by atoms with Crippen molar-refractivity contribution in [2.45, 2.75) is 19.4 Å². The van der Waals surface area contributed by atoms with Gasteiger partial charge in [-0.2, -0.15) is 0 Å². The van der Waals surface area contributed by atoms with Crippen LogP contribution in [0.5, 0.6) is 0 Å². The van der Waals surface area contributed by atoms with Crippen LogP contribution in [0.25, 0.3) is 0 Å². The van der Waals surface area contributed by atoms with Crippen molar-refractivity contribution < 1.29 is 13.2 Å². The summed E-state index contributed by atoms with van der Waals surface area (Å²) in [5, 5.41) is 3.30. The van der Waals surface area contributed by atoms with Gasteiger partial charge < -0.3 is 10.1 Å². The van der Waals surface area contributed by atoms with Crippen molar-refractivity contribution in [3.8, 4) is 0 Å². The van der Waals surface area contributed by atoms with Crippen LogP contribution in [0.4, 0.5) is 0 Å². The minimum Gasteiger partial charge on any atom is -0.384 e. The van der Waals surface area contributed by atoms with E-state index in [1.807, 2.05) is 30.3 Å². The van der Waals surface area contributed by atoms with Gasteiger partial charge >= 0.3 is 0 Å². The van der Waals surface area contributed by atoms with Crippen molar-refractivity contribution in [3.05, 3.63) is 35.9 Å². The smallest absolute Gasteiger partial charge is 0.154 e. The number of sulfone groups is 1. The maximum absolute atomic E-state index is 12.0. The van der Waals surface area contributed by atoms with Crippen LogP contribution in [0.2, 0.25) is 0 Å². The summed E-state index contributed by atoms with van der Waals surface area (Å²) in [5.74, 6) is 0.182. The molecule has 0 amide bonds. The Kier molecular flexibility index (Phi) is 7.05. The standard InChI is InChI=1S/C14H23NO3S/c1-3-9-15-14(13-7-5-4-6-8-13)12-19(16,17)11-10-18-2/h4-8,14-15H,3,9-12H2,1-2H3. The fourth-order valence-electron chi connectivity index (χ4n) is 1.82. The highest BCUT2D eigenvalue weighted by Crippen LogP contribution is 2.15. The van der Waals surface area contributed by atoms with E-state index in [0.29, 0.717) is 0 Å². The van der Waals surface area contributed by atoms with Crippen LogP contribution in [-0.4, -0.2) is 40.2 Å². The van der Waals surface area contributed by atoms with Crippen LogP contribution in [0.15, 0.2) is 30.3 Å². The van der Waals surface area contributed by atoms with E-state index in [0.717, 1.165) is 18.5 Å². The van der Waals surface area contributed by atoms with Crippen LogP contribution in [0, 0.1) is 0 Å². The molecule has 108 valence electrons. The zero-order valence-electron chi connectivity index (χ0n) is 11.6. The van der Waals surface area contributed by atoms with Crippen molar-refractivity contribution in [2.24, 2.45) is 0 Å². The number of nitrogens with one attached hydrogen (secondary N) is 1. The van der Waals surface area contributed by atoms with Gasteiger partial charge in [0.15, 0.2) is 9.84 Å². The maximum Gasteiger partial charge on any atom is 0.154 e. The molecule has 4 nitrogen and oxygen atoms in total. The molecule has 19 heavy (non-hydrogen) atoms. The lowest BCUT2D eigenvalue weighted by atomic mass is 10.1. The predicted molar refractivity (Wildman–Crippen MR) is 78.0 cm³/mol. The lowest BCUT2D eigenvalue weighted by Crippen LogP contribution is -2.30. The molecule has 1 atom stereocenters. The van der Waals surface area contributed by atoms with Gasteiger partial charge in [-0.3, -0.25) is 0 Å². The molecule has 0 aliphatic carbocycles. The lowest BCUT2D eigenvalue weighted by molar-refractivity contribution is 0.217. The lowest BCUT2D eigenvalue weighted by Gasteiger charge is -2.19. The number of rotatable bonds is 9. The number of benzene rings is 1. The summed E-state index contributed by atoms with van der Waals surface area (Å²) in [5.41, 5.74) is 1.01. The summed E-state index contributed by atoms with van der Waals surface area (Å²) < 4.78 is 28.9. The van der Waals surface area contributed by atoms with E-state index in [-0.39, 0.29) is 24.2 Å². The molecule has 0 heterocycles. The van der Waals surface area contributed by atoms with E-state index < -0.39 is 9.84 Å². The average molecular weight is 285 g/mol. The van der Waals surface area contributed by atoms with Crippen molar-refractivity contribution in [1.82, 2.24) is 5.32 Å². The van der Waals surface area contributed by atoms with Crippen LogP contribution < -0.4 is 5.32 Å². The first-order chi connectivity index (χ1) is 9.09. The topological polar surface area (TPSA) is 55.4 Å². The van der Waals surface area contributed by atoms with Gasteiger partial charge in [-0.1, -0.05) is 37.3 Å². The third-order valence-corrected chi connectivity index (χ3v) is 4.49. The van der Waals surface area contributed by atoms with Gasteiger partial charge in [-0.05, 0) is 18.5 Å². The summed E-state index contributed by atoms with van der Waals surface area (Å²) in [6, 6.07) is 9.55. The van der Waals surface area contributed by atoms with Gasteiger partial charge in [0, 0.05) is 13.2 Å².